The third kappa shape index (κ3) is 5.13. The number of amides is 1. The van der Waals surface area contributed by atoms with Crippen molar-refractivity contribution >= 4 is 17.4 Å². The molecule has 2 aromatic carbocycles. The number of anilines is 1. The SMILES string of the molecule is CNCC(c1cc(F)cc(F)c1)C(C(C)=O)C(=O)Nc1ccc(F)cc1F. The zero-order valence-corrected chi connectivity index (χ0v) is 14.7. The van der Waals surface area contributed by atoms with Crippen molar-refractivity contribution in [3.63, 3.8) is 0 Å². The van der Waals surface area contributed by atoms with E-state index < -0.39 is 46.8 Å². The van der Waals surface area contributed by atoms with Gasteiger partial charge < -0.3 is 10.6 Å². The highest BCUT2D eigenvalue weighted by molar-refractivity contribution is 6.07. The molecular formula is C19H18F4N2O2. The second kappa shape index (κ2) is 8.77. The largest absolute Gasteiger partial charge is 0.323 e. The van der Waals surface area contributed by atoms with Gasteiger partial charge in [0.1, 0.15) is 35.0 Å². The molecule has 0 saturated heterocycles. The molecule has 0 radical (unpaired) electrons. The first-order chi connectivity index (χ1) is 12.7. The van der Waals surface area contributed by atoms with Crippen LogP contribution in [0.2, 0.25) is 0 Å². The molecule has 2 unspecified atom stereocenters. The number of nitrogens with one attached hydrogen (secondary N) is 2. The third-order valence-electron chi connectivity index (χ3n) is 4.05. The molecule has 0 aliphatic heterocycles. The van der Waals surface area contributed by atoms with Gasteiger partial charge in [0.25, 0.3) is 0 Å². The molecule has 0 saturated carbocycles. The lowest BCUT2D eigenvalue weighted by Gasteiger charge is -2.25. The molecule has 2 rings (SSSR count). The topological polar surface area (TPSA) is 58.2 Å². The molecular weight excluding hydrogens is 364 g/mol. The molecule has 0 aromatic heterocycles. The van der Waals surface area contributed by atoms with Crippen LogP contribution in [0.25, 0.3) is 0 Å². The van der Waals surface area contributed by atoms with E-state index in [9.17, 15) is 27.2 Å². The lowest BCUT2D eigenvalue weighted by molar-refractivity contribution is -0.130. The molecule has 0 fully saturated rings. The molecule has 0 aliphatic carbocycles. The Morgan fingerprint density at radius 2 is 1.59 bits per heavy atom. The summed E-state index contributed by atoms with van der Waals surface area (Å²) < 4.78 is 54.0. The first kappa shape index (κ1) is 20.6. The van der Waals surface area contributed by atoms with E-state index >= 15 is 0 Å². The van der Waals surface area contributed by atoms with Crippen LogP contribution in [0.4, 0.5) is 23.2 Å². The summed E-state index contributed by atoms with van der Waals surface area (Å²) in [6, 6.07) is 5.31. The van der Waals surface area contributed by atoms with Crippen LogP contribution in [0, 0.1) is 29.2 Å². The molecule has 2 aromatic rings. The summed E-state index contributed by atoms with van der Waals surface area (Å²) >= 11 is 0. The first-order valence-electron chi connectivity index (χ1n) is 8.10. The number of hydrogen-bond donors (Lipinski definition) is 2. The second-order valence-corrected chi connectivity index (χ2v) is 6.07. The van der Waals surface area contributed by atoms with Crippen LogP contribution in [0.1, 0.15) is 18.4 Å². The fraction of sp³-hybridized carbons (Fsp3) is 0.263. The fourth-order valence-electron chi connectivity index (χ4n) is 2.89. The fourth-order valence-corrected chi connectivity index (χ4v) is 2.89. The smallest absolute Gasteiger partial charge is 0.235 e. The number of benzene rings is 2. The van der Waals surface area contributed by atoms with Crippen LogP contribution < -0.4 is 10.6 Å². The van der Waals surface area contributed by atoms with Crippen molar-refractivity contribution in [3.05, 3.63) is 65.2 Å². The number of carbonyl (C=O) groups excluding carboxylic acids is 2. The average Bonchev–Trinajstić information content (AvgIpc) is 2.55. The number of hydrogen-bond acceptors (Lipinski definition) is 3. The summed E-state index contributed by atoms with van der Waals surface area (Å²) in [5, 5.41) is 5.02. The van der Waals surface area contributed by atoms with Crippen LogP contribution >= 0.6 is 0 Å². The first-order valence-corrected chi connectivity index (χ1v) is 8.10. The molecule has 2 atom stereocenters. The molecule has 0 bridgehead atoms. The van der Waals surface area contributed by atoms with Gasteiger partial charge in [0.15, 0.2) is 0 Å². The highest BCUT2D eigenvalue weighted by Crippen LogP contribution is 2.28. The molecule has 0 spiro atoms. The number of halogens is 4. The van der Waals surface area contributed by atoms with Gasteiger partial charge in [-0.1, -0.05) is 0 Å². The van der Waals surface area contributed by atoms with Crippen molar-refractivity contribution in [2.75, 3.05) is 18.9 Å². The van der Waals surface area contributed by atoms with Gasteiger partial charge in [-0.3, -0.25) is 9.59 Å². The van der Waals surface area contributed by atoms with Crippen molar-refractivity contribution in [1.29, 1.82) is 0 Å². The van der Waals surface area contributed by atoms with Gasteiger partial charge in [-0.15, -0.1) is 0 Å². The van der Waals surface area contributed by atoms with E-state index in [0.717, 1.165) is 31.2 Å². The number of rotatable bonds is 7. The van der Waals surface area contributed by atoms with Crippen molar-refractivity contribution in [2.45, 2.75) is 12.8 Å². The monoisotopic (exact) mass is 382 g/mol. The summed E-state index contributed by atoms with van der Waals surface area (Å²) in [4.78, 5) is 24.8. The Morgan fingerprint density at radius 3 is 2.11 bits per heavy atom. The van der Waals surface area contributed by atoms with Crippen LogP contribution in [0.3, 0.4) is 0 Å². The predicted molar refractivity (Wildman–Crippen MR) is 92.2 cm³/mol. The zero-order chi connectivity index (χ0) is 20.1. The molecule has 1 amide bonds. The number of Topliss-reactive ketones (excluding diaryl/α,β-unsaturated/α-hetero) is 1. The molecule has 0 aliphatic rings. The minimum Gasteiger partial charge on any atom is -0.323 e. The Balaban J connectivity index is 2.39. The van der Waals surface area contributed by atoms with Crippen LogP contribution in [0.5, 0.6) is 0 Å². The van der Waals surface area contributed by atoms with Crippen LogP contribution in [0.15, 0.2) is 36.4 Å². The van der Waals surface area contributed by atoms with E-state index in [1.54, 1.807) is 7.05 Å². The van der Waals surface area contributed by atoms with E-state index in [1.165, 1.54) is 0 Å². The lowest BCUT2D eigenvalue weighted by atomic mass is 9.82. The van der Waals surface area contributed by atoms with Crippen molar-refractivity contribution in [2.24, 2.45) is 5.92 Å². The van der Waals surface area contributed by atoms with E-state index in [2.05, 4.69) is 10.6 Å². The maximum atomic E-state index is 13.8. The minimum atomic E-state index is -1.34. The average molecular weight is 382 g/mol. The Labute approximate surface area is 153 Å². The van der Waals surface area contributed by atoms with Gasteiger partial charge >= 0.3 is 0 Å². The highest BCUT2D eigenvalue weighted by atomic mass is 19.1. The lowest BCUT2D eigenvalue weighted by Crippen LogP contribution is -2.37. The Hall–Kier alpha value is -2.74. The van der Waals surface area contributed by atoms with Crippen molar-refractivity contribution < 1.29 is 27.2 Å². The summed E-state index contributed by atoms with van der Waals surface area (Å²) in [6.07, 6.45) is 0. The summed E-state index contributed by atoms with van der Waals surface area (Å²) in [5.41, 5.74) is -0.196. The summed E-state index contributed by atoms with van der Waals surface area (Å²) in [5.74, 6) is -7.21. The molecule has 4 nitrogen and oxygen atoms in total. The standard InChI is InChI=1S/C19H18F4N2O2/c1-10(26)18(19(27)25-17-4-3-12(20)8-16(17)23)15(9-24-2)11-5-13(21)7-14(22)6-11/h3-8,15,18,24H,9H2,1-2H3,(H,25,27). The predicted octanol–water partition coefficient (Wildman–Crippen LogP) is 3.39. The summed E-state index contributed by atoms with van der Waals surface area (Å²) in [6.45, 7) is 1.22. The van der Waals surface area contributed by atoms with Gasteiger partial charge in [-0.25, -0.2) is 17.6 Å². The minimum absolute atomic E-state index is 0.0620. The molecule has 144 valence electrons. The number of likely N-dealkylation sites (N-methyl/N-ethyl adjacent to an activating group) is 1. The highest BCUT2D eigenvalue weighted by Gasteiger charge is 2.34. The van der Waals surface area contributed by atoms with Crippen molar-refractivity contribution in [3.8, 4) is 0 Å². The molecule has 2 N–H and O–H groups in total. The Kier molecular flexibility index (Phi) is 6.68. The van der Waals surface area contributed by atoms with Gasteiger partial charge in [0.05, 0.1) is 5.69 Å². The summed E-state index contributed by atoms with van der Waals surface area (Å²) in [7, 11) is 1.55. The van der Waals surface area contributed by atoms with E-state index in [4.69, 9.17) is 0 Å². The maximum absolute atomic E-state index is 13.8. The zero-order valence-electron chi connectivity index (χ0n) is 14.7. The Morgan fingerprint density at radius 1 is 0.963 bits per heavy atom. The van der Waals surface area contributed by atoms with Gasteiger partial charge in [-0.05, 0) is 43.8 Å². The van der Waals surface area contributed by atoms with Gasteiger partial charge in [0.2, 0.25) is 5.91 Å². The maximum Gasteiger partial charge on any atom is 0.235 e. The van der Waals surface area contributed by atoms with E-state index in [-0.39, 0.29) is 17.8 Å². The molecule has 8 heteroatoms. The van der Waals surface area contributed by atoms with Crippen LogP contribution in [-0.2, 0) is 9.59 Å². The second-order valence-electron chi connectivity index (χ2n) is 6.07. The normalized spacial score (nSPS) is 13.1. The quantitative estimate of drug-likeness (QED) is 0.570. The molecule has 0 heterocycles. The van der Waals surface area contributed by atoms with E-state index in [0.29, 0.717) is 12.1 Å². The number of carbonyl (C=O) groups is 2. The Bertz CT molecular complexity index is 837. The van der Waals surface area contributed by atoms with Gasteiger partial charge in [0, 0.05) is 24.6 Å². The van der Waals surface area contributed by atoms with E-state index in [1.807, 2.05) is 0 Å². The third-order valence-corrected chi connectivity index (χ3v) is 4.05. The molecule has 27 heavy (non-hydrogen) atoms. The number of ketones is 1. The van der Waals surface area contributed by atoms with Crippen molar-refractivity contribution in [1.82, 2.24) is 5.32 Å². The van der Waals surface area contributed by atoms with Crippen LogP contribution in [-0.4, -0.2) is 25.3 Å². The van der Waals surface area contributed by atoms with Gasteiger partial charge in [-0.2, -0.15) is 0 Å².